The minimum Gasteiger partial charge on any atom is -0.497 e. The molecule has 19 heavy (non-hydrogen) atoms. The van der Waals surface area contributed by atoms with Gasteiger partial charge in [0.15, 0.2) is 0 Å². The number of ether oxygens (including phenoxy) is 1. The van der Waals surface area contributed by atoms with Gasteiger partial charge in [0.2, 0.25) is 0 Å². The quantitative estimate of drug-likeness (QED) is 0.840. The van der Waals surface area contributed by atoms with Gasteiger partial charge in [0.05, 0.1) is 7.11 Å². The van der Waals surface area contributed by atoms with Crippen molar-refractivity contribution in [2.24, 2.45) is 11.8 Å². The van der Waals surface area contributed by atoms with Crippen molar-refractivity contribution in [3.8, 4) is 5.75 Å². The normalized spacial score (nSPS) is 24.1. The average Bonchev–Trinajstić information content (AvgIpc) is 2.37. The van der Waals surface area contributed by atoms with Gasteiger partial charge in [-0.05, 0) is 54.8 Å². The molecule has 0 aliphatic heterocycles. The van der Waals surface area contributed by atoms with Gasteiger partial charge in [-0.2, -0.15) is 0 Å². The Balaban J connectivity index is 1.73. The summed E-state index contributed by atoms with van der Waals surface area (Å²) in [6.45, 7) is 8.08. The van der Waals surface area contributed by atoms with Gasteiger partial charge in [-0.3, -0.25) is 0 Å². The zero-order valence-corrected chi connectivity index (χ0v) is 12.6. The third kappa shape index (κ3) is 3.73. The summed E-state index contributed by atoms with van der Waals surface area (Å²) in [5.74, 6) is 3.21. The van der Waals surface area contributed by atoms with Crippen LogP contribution in [0.15, 0.2) is 24.3 Å². The van der Waals surface area contributed by atoms with Gasteiger partial charge in [0.25, 0.3) is 0 Å². The third-order valence-corrected chi connectivity index (χ3v) is 4.59. The van der Waals surface area contributed by atoms with E-state index in [1.807, 2.05) is 0 Å². The van der Waals surface area contributed by atoms with Crippen molar-refractivity contribution >= 4 is 0 Å². The van der Waals surface area contributed by atoms with Gasteiger partial charge >= 0.3 is 0 Å². The van der Waals surface area contributed by atoms with Gasteiger partial charge < -0.3 is 10.1 Å². The van der Waals surface area contributed by atoms with Crippen LogP contribution in [0, 0.1) is 11.8 Å². The molecule has 2 heteroatoms. The van der Waals surface area contributed by atoms with E-state index in [4.69, 9.17) is 4.74 Å². The van der Waals surface area contributed by atoms with E-state index >= 15 is 0 Å². The molecule has 0 saturated heterocycles. The van der Waals surface area contributed by atoms with Crippen LogP contribution >= 0.6 is 0 Å². The van der Waals surface area contributed by atoms with E-state index in [0.717, 1.165) is 30.0 Å². The van der Waals surface area contributed by atoms with E-state index in [0.29, 0.717) is 6.04 Å². The fourth-order valence-electron chi connectivity index (χ4n) is 2.52. The number of methoxy groups -OCH3 is 1. The van der Waals surface area contributed by atoms with Gasteiger partial charge in [0, 0.05) is 6.04 Å². The summed E-state index contributed by atoms with van der Waals surface area (Å²) in [5, 5.41) is 3.70. The molecule has 1 aliphatic rings. The summed E-state index contributed by atoms with van der Waals surface area (Å²) in [6.07, 6.45) is 2.55. The van der Waals surface area contributed by atoms with Crippen molar-refractivity contribution in [1.82, 2.24) is 5.32 Å². The van der Waals surface area contributed by atoms with Crippen LogP contribution in [0.5, 0.6) is 5.75 Å². The Morgan fingerprint density at radius 3 is 2.32 bits per heavy atom. The summed E-state index contributed by atoms with van der Waals surface area (Å²) >= 11 is 0. The Labute approximate surface area is 117 Å². The number of rotatable bonds is 6. The molecule has 1 aliphatic carbocycles. The topological polar surface area (TPSA) is 21.3 Å². The van der Waals surface area contributed by atoms with E-state index in [9.17, 15) is 0 Å². The molecule has 0 spiro atoms. The van der Waals surface area contributed by atoms with Crippen LogP contribution in [0.2, 0.25) is 0 Å². The molecule has 1 unspecified atom stereocenters. The molecule has 1 atom stereocenters. The summed E-state index contributed by atoms with van der Waals surface area (Å²) in [4.78, 5) is 0. The Bertz CT molecular complexity index is 379. The molecule has 1 aromatic rings. The number of nitrogens with one attached hydrogen (secondary N) is 1. The first-order chi connectivity index (χ1) is 9.10. The van der Waals surface area contributed by atoms with Crippen molar-refractivity contribution in [3.63, 3.8) is 0 Å². The highest BCUT2D eigenvalue weighted by Crippen LogP contribution is 2.37. The third-order valence-electron chi connectivity index (χ3n) is 4.59. The Kier molecular flexibility index (Phi) is 4.87. The minimum atomic E-state index is 0.716. The van der Waals surface area contributed by atoms with Crippen LogP contribution in [-0.2, 0) is 0 Å². The number of hydrogen-bond acceptors (Lipinski definition) is 2. The highest BCUT2D eigenvalue weighted by Gasteiger charge is 2.30. The first-order valence-corrected chi connectivity index (χ1v) is 7.47. The van der Waals surface area contributed by atoms with E-state index in [1.54, 1.807) is 7.11 Å². The van der Waals surface area contributed by atoms with Gasteiger partial charge in [-0.25, -0.2) is 0 Å². The predicted molar refractivity (Wildman–Crippen MR) is 80.8 cm³/mol. The molecule has 0 bridgehead atoms. The van der Waals surface area contributed by atoms with Gasteiger partial charge in [-0.15, -0.1) is 0 Å². The Hall–Kier alpha value is -1.02. The summed E-state index contributed by atoms with van der Waals surface area (Å²) in [7, 11) is 1.72. The molecule has 2 nitrogen and oxygen atoms in total. The smallest absolute Gasteiger partial charge is 0.118 e. The molecule has 0 heterocycles. The fourth-order valence-corrected chi connectivity index (χ4v) is 2.52. The van der Waals surface area contributed by atoms with Gasteiger partial charge in [-0.1, -0.05) is 32.9 Å². The largest absolute Gasteiger partial charge is 0.497 e. The van der Waals surface area contributed by atoms with Crippen molar-refractivity contribution < 1.29 is 4.74 Å². The minimum absolute atomic E-state index is 0.716. The van der Waals surface area contributed by atoms with Crippen LogP contribution in [0.3, 0.4) is 0 Å². The molecular weight excluding hydrogens is 234 g/mol. The van der Waals surface area contributed by atoms with Crippen LogP contribution in [0.25, 0.3) is 0 Å². The Morgan fingerprint density at radius 2 is 1.79 bits per heavy atom. The highest BCUT2D eigenvalue weighted by atomic mass is 16.5. The average molecular weight is 261 g/mol. The fraction of sp³-hybridized carbons (Fsp3) is 0.647. The summed E-state index contributed by atoms with van der Waals surface area (Å²) < 4.78 is 5.20. The lowest BCUT2D eigenvalue weighted by atomic mass is 9.75. The maximum atomic E-state index is 5.20. The predicted octanol–water partition coefficient (Wildman–Crippen LogP) is 3.82. The molecule has 2 rings (SSSR count). The maximum absolute atomic E-state index is 5.20. The van der Waals surface area contributed by atoms with Crippen LogP contribution < -0.4 is 10.1 Å². The zero-order valence-electron chi connectivity index (χ0n) is 12.6. The van der Waals surface area contributed by atoms with E-state index < -0.39 is 0 Å². The van der Waals surface area contributed by atoms with Crippen molar-refractivity contribution in [2.45, 2.75) is 45.6 Å². The van der Waals surface area contributed by atoms with Crippen molar-refractivity contribution in [3.05, 3.63) is 29.8 Å². The summed E-state index contributed by atoms with van der Waals surface area (Å²) in [6, 6.07) is 9.26. The van der Waals surface area contributed by atoms with Crippen LogP contribution in [-0.4, -0.2) is 19.7 Å². The highest BCUT2D eigenvalue weighted by molar-refractivity contribution is 5.30. The Morgan fingerprint density at radius 1 is 1.16 bits per heavy atom. The molecule has 1 N–H and O–H groups in total. The molecule has 106 valence electrons. The number of hydrogen-bond donors (Lipinski definition) is 1. The molecule has 1 aromatic carbocycles. The zero-order chi connectivity index (χ0) is 13.8. The lowest BCUT2D eigenvalue weighted by Gasteiger charge is -2.37. The second-order valence-electron chi connectivity index (χ2n) is 6.27. The second kappa shape index (κ2) is 6.42. The maximum Gasteiger partial charge on any atom is 0.118 e. The second-order valence-corrected chi connectivity index (χ2v) is 6.27. The van der Waals surface area contributed by atoms with E-state index in [-0.39, 0.29) is 0 Å². The lowest BCUT2D eigenvalue weighted by molar-refractivity contribution is 0.264. The van der Waals surface area contributed by atoms with Crippen molar-refractivity contribution in [2.75, 3.05) is 13.7 Å². The SMILES string of the molecule is COc1ccc(C2CC(NCC(C)C(C)C)C2)cc1. The first-order valence-electron chi connectivity index (χ1n) is 7.47. The molecule has 0 radical (unpaired) electrons. The first kappa shape index (κ1) is 14.4. The molecule has 1 fully saturated rings. The van der Waals surface area contributed by atoms with Crippen LogP contribution in [0.4, 0.5) is 0 Å². The lowest BCUT2D eigenvalue weighted by Crippen LogP contribution is -2.42. The summed E-state index contributed by atoms with van der Waals surface area (Å²) in [5.41, 5.74) is 1.45. The van der Waals surface area contributed by atoms with Crippen LogP contribution in [0.1, 0.15) is 45.1 Å². The molecule has 0 amide bonds. The van der Waals surface area contributed by atoms with Gasteiger partial charge in [0.1, 0.15) is 5.75 Å². The number of benzene rings is 1. The standard InChI is InChI=1S/C17H27NO/c1-12(2)13(3)11-18-16-9-15(10-16)14-5-7-17(19-4)8-6-14/h5-8,12-13,15-16,18H,9-11H2,1-4H3. The molecule has 0 aromatic heterocycles. The monoisotopic (exact) mass is 261 g/mol. The van der Waals surface area contributed by atoms with Crippen molar-refractivity contribution in [1.29, 1.82) is 0 Å². The van der Waals surface area contributed by atoms with E-state index in [1.165, 1.54) is 18.4 Å². The molecule has 1 saturated carbocycles. The van der Waals surface area contributed by atoms with E-state index in [2.05, 4.69) is 50.4 Å². The molecular formula is C17H27NO.